The lowest BCUT2D eigenvalue weighted by molar-refractivity contribution is -0.139. The summed E-state index contributed by atoms with van der Waals surface area (Å²) in [4.78, 5) is 1.28. The zero-order valence-electron chi connectivity index (χ0n) is 12.5. The summed E-state index contributed by atoms with van der Waals surface area (Å²) >= 11 is 5.57. The van der Waals surface area contributed by atoms with Crippen LogP contribution in [0, 0.1) is 5.92 Å². The molecule has 1 aliphatic heterocycles. The van der Waals surface area contributed by atoms with Gasteiger partial charge in [0.2, 0.25) is 10.0 Å². The molecule has 4 nitrogen and oxygen atoms in total. The number of likely N-dealkylation sites (tertiary alicyclic amines) is 1. The fourth-order valence-electron chi connectivity index (χ4n) is 2.70. The van der Waals surface area contributed by atoms with Gasteiger partial charge in [-0.3, -0.25) is 0 Å². The van der Waals surface area contributed by atoms with E-state index in [0.717, 1.165) is 38.1 Å². The molecule has 1 saturated heterocycles. The monoisotopic (exact) mass is 370 g/mol. The summed E-state index contributed by atoms with van der Waals surface area (Å²) in [5.41, 5.74) is -1.25. The largest absolute Gasteiger partial charge is 0.417 e. The quantitative estimate of drug-likeness (QED) is 0.886. The minimum Gasteiger partial charge on any atom is -0.306 e. The van der Waals surface area contributed by atoms with E-state index < -0.39 is 26.7 Å². The Hall–Kier alpha value is -0.830. The fraction of sp³-hybridized carbons (Fsp3) is 0.571. The zero-order chi connectivity index (χ0) is 17.3. The molecule has 1 unspecified atom stereocenters. The van der Waals surface area contributed by atoms with Gasteiger partial charge in [-0.25, -0.2) is 13.1 Å². The van der Waals surface area contributed by atoms with Crippen LogP contribution in [0.5, 0.6) is 0 Å². The molecule has 1 aliphatic rings. The van der Waals surface area contributed by atoms with Crippen molar-refractivity contribution in [3.05, 3.63) is 28.8 Å². The maximum absolute atomic E-state index is 13.0. The Kier molecular flexibility index (Phi) is 5.60. The predicted molar refractivity (Wildman–Crippen MR) is 81.9 cm³/mol. The summed E-state index contributed by atoms with van der Waals surface area (Å²) in [6.45, 7) is 1.78. The van der Waals surface area contributed by atoms with E-state index in [1.807, 2.05) is 7.05 Å². The van der Waals surface area contributed by atoms with Crippen LogP contribution in [0.3, 0.4) is 0 Å². The molecular weight excluding hydrogens is 353 g/mol. The van der Waals surface area contributed by atoms with Gasteiger partial charge in [0.05, 0.1) is 10.5 Å². The van der Waals surface area contributed by atoms with E-state index in [4.69, 9.17) is 11.6 Å². The Morgan fingerprint density at radius 1 is 1.39 bits per heavy atom. The normalized spacial score (nSPS) is 20.7. The van der Waals surface area contributed by atoms with Crippen molar-refractivity contribution in [2.45, 2.75) is 23.9 Å². The topological polar surface area (TPSA) is 49.4 Å². The van der Waals surface area contributed by atoms with Crippen LogP contribution in [0.25, 0.3) is 0 Å². The van der Waals surface area contributed by atoms with E-state index in [9.17, 15) is 21.6 Å². The third-order valence-electron chi connectivity index (χ3n) is 3.82. The van der Waals surface area contributed by atoms with Crippen LogP contribution in [0.1, 0.15) is 18.4 Å². The van der Waals surface area contributed by atoms with Gasteiger partial charge >= 0.3 is 6.18 Å². The number of nitrogens with one attached hydrogen (secondary N) is 1. The van der Waals surface area contributed by atoms with Gasteiger partial charge < -0.3 is 4.90 Å². The molecule has 0 spiro atoms. The molecule has 1 aromatic carbocycles. The van der Waals surface area contributed by atoms with Gasteiger partial charge in [0.1, 0.15) is 0 Å². The third-order valence-corrected chi connectivity index (χ3v) is 5.54. The van der Waals surface area contributed by atoms with Gasteiger partial charge in [0.15, 0.2) is 0 Å². The number of hydrogen-bond donors (Lipinski definition) is 1. The van der Waals surface area contributed by atoms with Crippen LogP contribution < -0.4 is 4.72 Å². The Labute approximate surface area is 138 Å². The van der Waals surface area contributed by atoms with Gasteiger partial charge in [-0.15, -0.1) is 0 Å². The Balaban J connectivity index is 2.19. The minimum atomic E-state index is -4.79. The second-order valence-electron chi connectivity index (χ2n) is 5.76. The highest BCUT2D eigenvalue weighted by molar-refractivity contribution is 7.89. The molecule has 0 amide bonds. The van der Waals surface area contributed by atoms with Crippen LogP contribution in [0.15, 0.2) is 23.1 Å². The summed E-state index contributed by atoms with van der Waals surface area (Å²) in [6, 6.07) is 2.66. The standard InChI is InChI=1S/C14H18ClF3N2O2S/c1-20-6-2-3-10(9-20)8-19-23(21,22)13-5-4-11(15)7-12(13)14(16,17)18/h4-5,7,10,19H,2-3,6,8-9H2,1H3. The van der Waals surface area contributed by atoms with Crippen molar-refractivity contribution >= 4 is 21.6 Å². The Morgan fingerprint density at radius 3 is 2.70 bits per heavy atom. The van der Waals surface area contributed by atoms with E-state index in [1.165, 1.54) is 0 Å². The maximum atomic E-state index is 13.0. The lowest BCUT2D eigenvalue weighted by Crippen LogP contribution is -2.39. The molecule has 0 aromatic heterocycles. The van der Waals surface area contributed by atoms with Gasteiger partial charge in [-0.1, -0.05) is 11.6 Å². The summed E-state index contributed by atoms with van der Waals surface area (Å²) < 4.78 is 66.0. The second-order valence-corrected chi connectivity index (χ2v) is 7.93. The number of nitrogens with zero attached hydrogens (tertiary/aromatic N) is 1. The van der Waals surface area contributed by atoms with Crippen molar-refractivity contribution in [3.63, 3.8) is 0 Å². The van der Waals surface area contributed by atoms with Crippen LogP contribution in [-0.4, -0.2) is 40.0 Å². The minimum absolute atomic E-state index is 0.0881. The molecule has 23 heavy (non-hydrogen) atoms. The molecule has 1 N–H and O–H groups in total. The SMILES string of the molecule is CN1CCCC(CNS(=O)(=O)c2ccc(Cl)cc2C(F)(F)F)C1. The summed E-state index contributed by atoms with van der Waals surface area (Å²) in [5.74, 6) is 0.0881. The number of piperidine rings is 1. The lowest BCUT2D eigenvalue weighted by atomic mass is 9.99. The van der Waals surface area contributed by atoms with Crippen molar-refractivity contribution in [1.29, 1.82) is 0 Å². The molecule has 1 heterocycles. The number of hydrogen-bond acceptors (Lipinski definition) is 3. The molecule has 1 atom stereocenters. The fourth-order valence-corrected chi connectivity index (χ4v) is 4.20. The smallest absolute Gasteiger partial charge is 0.306 e. The lowest BCUT2D eigenvalue weighted by Gasteiger charge is -2.29. The van der Waals surface area contributed by atoms with E-state index in [0.29, 0.717) is 6.07 Å². The zero-order valence-corrected chi connectivity index (χ0v) is 14.1. The van der Waals surface area contributed by atoms with Crippen LogP contribution in [-0.2, 0) is 16.2 Å². The first-order valence-corrected chi connectivity index (χ1v) is 9.00. The first-order valence-electron chi connectivity index (χ1n) is 7.14. The van der Waals surface area contributed by atoms with Crippen molar-refractivity contribution in [3.8, 4) is 0 Å². The number of rotatable bonds is 4. The Morgan fingerprint density at radius 2 is 2.09 bits per heavy atom. The van der Waals surface area contributed by atoms with Crippen molar-refractivity contribution in [2.24, 2.45) is 5.92 Å². The number of benzene rings is 1. The molecule has 9 heteroatoms. The molecule has 2 rings (SSSR count). The van der Waals surface area contributed by atoms with Crippen LogP contribution in [0.2, 0.25) is 5.02 Å². The molecular formula is C14H18ClF3N2O2S. The van der Waals surface area contributed by atoms with Crippen LogP contribution >= 0.6 is 11.6 Å². The molecule has 0 saturated carbocycles. The second kappa shape index (κ2) is 6.96. The first-order chi connectivity index (χ1) is 10.6. The number of halogens is 4. The molecule has 0 radical (unpaired) electrons. The Bertz CT molecular complexity index is 664. The van der Waals surface area contributed by atoms with E-state index in [1.54, 1.807) is 0 Å². The molecule has 0 bridgehead atoms. The van der Waals surface area contributed by atoms with E-state index in [-0.39, 0.29) is 17.5 Å². The van der Waals surface area contributed by atoms with Crippen molar-refractivity contribution in [1.82, 2.24) is 9.62 Å². The predicted octanol–water partition coefficient (Wildman–Crippen LogP) is 2.98. The summed E-state index contributed by atoms with van der Waals surface area (Å²) in [6.07, 6.45) is -3.00. The molecule has 0 aliphatic carbocycles. The highest BCUT2D eigenvalue weighted by Gasteiger charge is 2.37. The average molecular weight is 371 g/mol. The summed E-state index contributed by atoms with van der Waals surface area (Å²) in [7, 11) is -2.32. The molecule has 1 aromatic rings. The number of sulfonamides is 1. The highest BCUT2D eigenvalue weighted by atomic mass is 35.5. The average Bonchev–Trinajstić information content (AvgIpc) is 2.44. The first kappa shape index (κ1) is 18.5. The summed E-state index contributed by atoms with van der Waals surface area (Å²) in [5, 5.41) is -0.162. The molecule has 130 valence electrons. The van der Waals surface area contributed by atoms with E-state index in [2.05, 4.69) is 9.62 Å². The van der Waals surface area contributed by atoms with Crippen molar-refractivity contribution in [2.75, 3.05) is 26.7 Å². The van der Waals surface area contributed by atoms with Gasteiger partial charge in [0, 0.05) is 18.1 Å². The van der Waals surface area contributed by atoms with Gasteiger partial charge in [-0.2, -0.15) is 13.2 Å². The maximum Gasteiger partial charge on any atom is 0.417 e. The highest BCUT2D eigenvalue weighted by Crippen LogP contribution is 2.35. The van der Waals surface area contributed by atoms with Crippen LogP contribution in [0.4, 0.5) is 13.2 Å². The van der Waals surface area contributed by atoms with Gasteiger partial charge in [0.25, 0.3) is 0 Å². The van der Waals surface area contributed by atoms with Gasteiger partial charge in [-0.05, 0) is 50.6 Å². The van der Waals surface area contributed by atoms with Crippen molar-refractivity contribution < 1.29 is 21.6 Å². The third kappa shape index (κ3) is 4.82. The number of alkyl halides is 3. The molecule has 1 fully saturated rings. The van der Waals surface area contributed by atoms with E-state index >= 15 is 0 Å².